The Kier molecular flexibility index (Phi) is 7.21. The van der Waals surface area contributed by atoms with E-state index in [0.717, 1.165) is 41.6 Å². The van der Waals surface area contributed by atoms with E-state index >= 15 is 0 Å². The number of nitriles is 1. The molecule has 3 aromatic heterocycles. The molecule has 1 atom stereocenters. The van der Waals surface area contributed by atoms with Crippen LogP contribution in [0.4, 0.5) is 0 Å². The van der Waals surface area contributed by atoms with Gasteiger partial charge >= 0.3 is 7.82 Å². The van der Waals surface area contributed by atoms with Crippen molar-refractivity contribution >= 4 is 18.9 Å². The number of H-pyrrole nitrogens is 1. The van der Waals surface area contributed by atoms with Gasteiger partial charge < -0.3 is 19.7 Å². The zero-order valence-electron chi connectivity index (χ0n) is 14.7. The van der Waals surface area contributed by atoms with Crippen molar-refractivity contribution in [3.05, 3.63) is 31.0 Å². The number of unbranched alkanes of at least 4 members (excludes halogenated alkanes) is 1. The van der Waals surface area contributed by atoms with Gasteiger partial charge in [-0.2, -0.15) is 10.4 Å². The normalized spacial score (nSPS) is 12.3. The fourth-order valence-electron chi connectivity index (χ4n) is 2.64. The molecular formula is C16H21N6O4P. The Morgan fingerprint density at radius 2 is 2.11 bits per heavy atom. The molecule has 0 fully saturated rings. The van der Waals surface area contributed by atoms with Crippen LogP contribution in [0.1, 0.15) is 38.6 Å². The maximum atomic E-state index is 9.02. The highest BCUT2D eigenvalue weighted by atomic mass is 31.2. The summed E-state index contributed by atoms with van der Waals surface area (Å²) in [6, 6.07) is 4.35. The molecule has 0 unspecified atom stereocenters. The summed E-state index contributed by atoms with van der Waals surface area (Å²) in [5.41, 5.74) is 2.63. The number of aromatic amines is 1. The van der Waals surface area contributed by atoms with Crippen LogP contribution in [0.2, 0.25) is 0 Å². The number of nitrogens with zero attached hydrogens (tertiary/aromatic N) is 5. The molecule has 0 aliphatic carbocycles. The van der Waals surface area contributed by atoms with Gasteiger partial charge in [0.1, 0.15) is 12.0 Å². The first-order chi connectivity index (χ1) is 12.8. The molecule has 0 bridgehead atoms. The van der Waals surface area contributed by atoms with Gasteiger partial charge in [0.15, 0.2) is 0 Å². The first kappa shape index (κ1) is 20.7. The summed E-state index contributed by atoms with van der Waals surface area (Å²) < 4.78 is 10.8. The summed E-state index contributed by atoms with van der Waals surface area (Å²) in [5, 5.41) is 14.4. The second-order valence-electron chi connectivity index (χ2n) is 5.84. The summed E-state index contributed by atoms with van der Waals surface area (Å²) in [6.07, 6.45) is 10.8. The smallest absolute Gasteiger partial charge is 0.346 e. The van der Waals surface area contributed by atoms with E-state index in [9.17, 15) is 0 Å². The number of hydrogen-bond donors (Lipinski definition) is 4. The summed E-state index contributed by atoms with van der Waals surface area (Å²) in [6.45, 7) is 2.15. The van der Waals surface area contributed by atoms with Crippen molar-refractivity contribution in [1.29, 1.82) is 5.26 Å². The van der Waals surface area contributed by atoms with Gasteiger partial charge in [0.05, 0.1) is 30.4 Å². The van der Waals surface area contributed by atoms with Crippen molar-refractivity contribution in [2.75, 3.05) is 0 Å². The summed E-state index contributed by atoms with van der Waals surface area (Å²) in [7, 11) is -4.64. The lowest BCUT2D eigenvalue weighted by molar-refractivity contribution is 0.275. The predicted octanol–water partition coefficient (Wildman–Crippen LogP) is 2.54. The average molecular weight is 392 g/mol. The molecule has 0 aliphatic heterocycles. The van der Waals surface area contributed by atoms with Crippen molar-refractivity contribution in [2.24, 2.45) is 0 Å². The van der Waals surface area contributed by atoms with E-state index in [1.165, 1.54) is 0 Å². The number of rotatable bonds is 6. The maximum absolute atomic E-state index is 9.02. The standard InChI is InChI=1S/C16H18N6.H3O4P/c1-2-3-4-13(5-7-17)22-10-12(9-21-22)15-14-6-8-18-16(14)20-11-19-15;1-5(2,3)4/h6,8-11,13H,2-5H2,1H3,(H,18,19,20);(H3,1,2,3,4)/t13-;/m1./s1. The SMILES string of the molecule is CCCC[C@H](CC#N)n1cc(-c2ncnc3[nH]ccc23)cn1.O=P(O)(O)O. The molecule has 0 amide bonds. The van der Waals surface area contributed by atoms with E-state index in [1.807, 2.05) is 29.3 Å². The van der Waals surface area contributed by atoms with Gasteiger partial charge in [-0.05, 0) is 12.5 Å². The molecule has 0 saturated heterocycles. The third kappa shape index (κ3) is 6.27. The van der Waals surface area contributed by atoms with Crippen molar-refractivity contribution < 1.29 is 19.2 Å². The molecule has 0 aliphatic rings. The quantitative estimate of drug-likeness (QED) is 0.465. The molecule has 3 rings (SSSR count). The second kappa shape index (κ2) is 9.39. The van der Waals surface area contributed by atoms with Crippen LogP contribution < -0.4 is 0 Å². The van der Waals surface area contributed by atoms with E-state index in [0.29, 0.717) is 6.42 Å². The van der Waals surface area contributed by atoms with Crippen LogP contribution in [-0.4, -0.2) is 39.4 Å². The minimum atomic E-state index is -4.64. The van der Waals surface area contributed by atoms with Crippen molar-refractivity contribution in [3.8, 4) is 17.3 Å². The monoisotopic (exact) mass is 392 g/mol. The van der Waals surface area contributed by atoms with E-state index in [1.54, 1.807) is 6.33 Å². The number of aromatic nitrogens is 5. The zero-order chi connectivity index (χ0) is 19.9. The highest BCUT2D eigenvalue weighted by Gasteiger charge is 2.14. The van der Waals surface area contributed by atoms with E-state index < -0.39 is 7.82 Å². The van der Waals surface area contributed by atoms with Crippen LogP contribution in [0.5, 0.6) is 0 Å². The largest absolute Gasteiger partial charge is 0.466 e. The number of fused-ring (bicyclic) bond motifs is 1. The average Bonchev–Trinajstić information content (AvgIpc) is 3.25. The van der Waals surface area contributed by atoms with Gasteiger partial charge in [-0.1, -0.05) is 19.8 Å². The molecule has 0 radical (unpaired) electrons. The summed E-state index contributed by atoms with van der Waals surface area (Å²) >= 11 is 0. The Hall–Kier alpha value is -2.57. The Bertz CT molecular complexity index is 949. The summed E-state index contributed by atoms with van der Waals surface area (Å²) in [4.78, 5) is 33.2. The van der Waals surface area contributed by atoms with Crippen LogP contribution in [0.15, 0.2) is 31.0 Å². The van der Waals surface area contributed by atoms with E-state index in [-0.39, 0.29) is 6.04 Å². The number of nitrogens with one attached hydrogen (secondary N) is 1. The molecule has 0 spiro atoms. The molecule has 10 nitrogen and oxygen atoms in total. The highest BCUT2D eigenvalue weighted by Crippen LogP contribution is 2.27. The molecule has 3 aromatic rings. The first-order valence-corrected chi connectivity index (χ1v) is 9.87. The lowest BCUT2D eigenvalue weighted by Crippen LogP contribution is -2.08. The minimum Gasteiger partial charge on any atom is -0.346 e. The van der Waals surface area contributed by atoms with Crippen LogP contribution in [0.3, 0.4) is 0 Å². The Balaban J connectivity index is 0.000000465. The zero-order valence-corrected chi connectivity index (χ0v) is 15.6. The molecule has 27 heavy (non-hydrogen) atoms. The van der Waals surface area contributed by atoms with Crippen molar-refractivity contribution in [3.63, 3.8) is 0 Å². The van der Waals surface area contributed by atoms with Crippen LogP contribution in [0, 0.1) is 11.3 Å². The van der Waals surface area contributed by atoms with Crippen LogP contribution in [-0.2, 0) is 4.57 Å². The topological polar surface area (TPSA) is 161 Å². The van der Waals surface area contributed by atoms with Crippen LogP contribution in [0.25, 0.3) is 22.3 Å². The highest BCUT2D eigenvalue weighted by molar-refractivity contribution is 7.45. The molecule has 4 N–H and O–H groups in total. The molecule has 3 heterocycles. The molecule has 0 aromatic carbocycles. The van der Waals surface area contributed by atoms with Gasteiger partial charge in [0.2, 0.25) is 0 Å². The fourth-order valence-corrected chi connectivity index (χ4v) is 2.64. The number of hydrogen-bond acceptors (Lipinski definition) is 5. The van der Waals surface area contributed by atoms with Crippen molar-refractivity contribution in [1.82, 2.24) is 24.7 Å². The van der Waals surface area contributed by atoms with Crippen molar-refractivity contribution in [2.45, 2.75) is 38.6 Å². The maximum Gasteiger partial charge on any atom is 0.466 e. The second-order valence-corrected chi connectivity index (χ2v) is 6.87. The number of phosphoric acid groups is 1. The van der Waals surface area contributed by atoms with Gasteiger partial charge in [0.25, 0.3) is 0 Å². The summed E-state index contributed by atoms with van der Waals surface area (Å²) in [5.74, 6) is 0. The first-order valence-electron chi connectivity index (χ1n) is 8.31. The van der Waals surface area contributed by atoms with E-state index in [2.05, 4.69) is 33.0 Å². The van der Waals surface area contributed by atoms with Crippen LogP contribution >= 0.6 is 7.82 Å². The van der Waals surface area contributed by atoms with Gasteiger partial charge in [-0.3, -0.25) is 4.68 Å². The van der Waals surface area contributed by atoms with Gasteiger partial charge in [-0.25, -0.2) is 14.5 Å². The third-order valence-corrected chi connectivity index (χ3v) is 3.82. The van der Waals surface area contributed by atoms with Gasteiger partial charge in [0, 0.05) is 23.3 Å². The minimum absolute atomic E-state index is 0.127. The Labute approximate surface area is 155 Å². The Morgan fingerprint density at radius 1 is 1.37 bits per heavy atom. The third-order valence-electron chi connectivity index (χ3n) is 3.82. The lowest BCUT2D eigenvalue weighted by atomic mass is 10.1. The molecular weight excluding hydrogens is 371 g/mol. The lowest BCUT2D eigenvalue weighted by Gasteiger charge is -2.13. The predicted molar refractivity (Wildman–Crippen MR) is 98.2 cm³/mol. The van der Waals surface area contributed by atoms with E-state index in [4.69, 9.17) is 24.5 Å². The molecule has 0 saturated carbocycles. The van der Waals surface area contributed by atoms with Gasteiger partial charge in [-0.15, -0.1) is 0 Å². The molecule has 11 heteroatoms. The fraction of sp³-hybridized carbons (Fsp3) is 0.375. The molecule has 144 valence electrons. The Morgan fingerprint density at radius 3 is 2.78 bits per heavy atom.